The molecule has 3 rings (SSSR count). The molecule has 0 bridgehead atoms. The standard InChI is InChI=1S/C18H29N3O3S/c1-4-19(5-2)16(23)13-7-10-20(11-8-13)17(24)14-12-25-18(3)9-6-15(22)21(14)18/h13-14H,4-12H2,1-3H3. The van der Waals surface area contributed by atoms with Crippen molar-refractivity contribution in [1.82, 2.24) is 14.7 Å². The Morgan fingerprint density at radius 3 is 2.48 bits per heavy atom. The molecule has 3 saturated heterocycles. The molecule has 0 aliphatic carbocycles. The van der Waals surface area contributed by atoms with Crippen molar-refractivity contribution in [3.8, 4) is 0 Å². The minimum Gasteiger partial charge on any atom is -0.343 e. The summed E-state index contributed by atoms with van der Waals surface area (Å²) in [5.74, 6) is 1.12. The quantitative estimate of drug-likeness (QED) is 0.756. The number of rotatable bonds is 4. The molecule has 6 nitrogen and oxygen atoms in total. The largest absolute Gasteiger partial charge is 0.343 e. The van der Waals surface area contributed by atoms with Crippen molar-refractivity contribution in [1.29, 1.82) is 0 Å². The van der Waals surface area contributed by atoms with Crippen molar-refractivity contribution in [2.75, 3.05) is 31.9 Å². The van der Waals surface area contributed by atoms with E-state index in [-0.39, 0.29) is 34.6 Å². The second-order valence-corrected chi connectivity index (χ2v) is 8.88. The van der Waals surface area contributed by atoms with E-state index in [0.29, 0.717) is 25.3 Å². The predicted molar refractivity (Wildman–Crippen MR) is 98.0 cm³/mol. The molecule has 140 valence electrons. The van der Waals surface area contributed by atoms with E-state index in [1.54, 1.807) is 11.8 Å². The summed E-state index contributed by atoms with van der Waals surface area (Å²) in [7, 11) is 0. The summed E-state index contributed by atoms with van der Waals surface area (Å²) in [5.41, 5.74) is 0. The number of nitrogens with zero attached hydrogens (tertiary/aromatic N) is 3. The number of thioether (sulfide) groups is 1. The summed E-state index contributed by atoms with van der Waals surface area (Å²) in [5, 5.41) is 0. The maximum Gasteiger partial charge on any atom is 0.246 e. The molecule has 3 fully saturated rings. The van der Waals surface area contributed by atoms with Crippen LogP contribution in [-0.2, 0) is 14.4 Å². The number of likely N-dealkylation sites (tertiary alicyclic amines) is 1. The molecule has 0 saturated carbocycles. The fourth-order valence-corrected chi connectivity index (χ4v) is 5.78. The Morgan fingerprint density at radius 2 is 1.88 bits per heavy atom. The fraction of sp³-hybridized carbons (Fsp3) is 0.833. The van der Waals surface area contributed by atoms with Gasteiger partial charge < -0.3 is 14.7 Å². The molecule has 2 unspecified atom stereocenters. The predicted octanol–water partition coefficient (Wildman–Crippen LogP) is 1.55. The average molecular weight is 368 g/mol. The highest BCUT2D eigenvalue weighted by molar-refractivity contribution is 8.01. The van der Waals surface area contributed by atoms with Gasteiger partial charge in [0.1, 0.15) is 6.04 Å². The van der Waals surface area contributed by atoms with Gasteiger partial charge in [0.15, 0.2) is 0 Å². The van der Waals surface area contributed by atoms with E-state index in [0.717, 1.165) is 32.4 Å². The van der Waals surface area contributed by atoms with Crippen molar-refractivity contribution in [2.24, 2.45) is 5.92 Å². The van der Waals surface area contributed by atoms with Gasteiger partial charge in [-0.1, -0.05) is 0 Å². The Labute approximate surface area is 154 Å². The smallest absolute Gasteiger partial charge is 0.246 e. The van der Waals surface area contributed by atoms with Crippen LogP contribution in [0, 0.1) is 5.92 Å². The van der Waals surface area contributed by atoms with Crippen LogP contribution in [0.5, 0.6) is 0 Å². The minimum atomic E-state index is -0.319. The molecule has 0 aromatic heterocycles. The zero-order valence-electron chi connectivity index (χ0n) is 15.5. The van der Waals surface area contributed by atoms with Crippen LogP contribution in [0.4, 0.5) is 0 Å². The van der Waals surface area contributed by atoms with E-state index >= 15 is 0 Å². The molecule has 7 heteroatoms. The van der Waals surface area contributed by atoms with Gasteiger partial charge in [0.05, 0.1) is 4.87 Å². The number of fused-ring (bicyclic) bond motifs is 1. The van der Waals surface area contributed by atoms with Crippen LogP contribution in [0.25, 0.3) is 0 Å². The van der Waals surface area contributed by atoms with E-state index in [1.807, 2.05) is 28.5 Å². The van der Waals surface area contributed by atoms with Crippen molar-refractivity contribution in [3.63, 3.8) is 0 Å². The first-order valence-electron chi connectivity index (χ1n) is 9.45. The summed E-state index contributed by atoms with van der Waals surface area (Å²) in [6.07, 6.45) is 2.84. The van der Waals surface area contributed by atoms with Crippen LogP contribution >= 0.6 is 11.8 Å². The third kappa shape index (κ3) is 3.27. The highest BCUT2D eigenvalue weighted by Gasteiger charge is 2.53. The van der Waals surface area contributed by atoms with E-state index < -0.39 is 0 Å². The van der Waals surface area contributed by atoms with Gasteiger partial charge in [-0.05, 0) is 40.0 Å². The molecule has 0 spiro atoms. The van der Waals surface area contributed by atoms with Gasteiger partial charge in [-0.25, -0.2) is 0 Å². The second-order valence-electron chi connectivity index (χ2n) is 7.38. The van der Waals surface area contributed by atoms with Gasteiger partial charge in [-0.2, -0.15) is 0 Å². The molecule has 3 amide bonds. The molecule has 3 heterocycles. The van der Waals surface area contributed by atoms with Gasteiger partial charge in [0.25, 0.3) is 0 Å². The zero-order valence-corrected chi connectivity index (χ0v) is 16.3. The summed E-state index contributed by atoms with van der Waals surface area (Å²) in [4.78, 5) is 43.1. The van der Waals surface area contributed by atoms with Crippen LogP contribution in [-0.4, -0.2) is 75.3 Å². The topological polar surface area (TPSA) is 60.9 Å². The van der Waals surface area contributed by atoms with Gasteiger partial charge in [-0.15, -0.1) is 11.8 Å². The first-order chi connectivity index (χ1) is 11.9. The fourth-order valence-electron chi connectivity index (χ4n) is 4.35. The molecular weight excluding hydrogens is 338 g/mol. The van der Waals surface area contributed by atoms with Crippen LogP contribution in [0.15, 0.2) is 0 Å². The Hall–Kier alpha value is -1.24. The summed E-state index contributed by atoms with van der Waals surface area (Å²) in [6, 6.07) is -0.319. The number of piperidine rings is 1. The summed E-state index contributed by atoms with van der Waals surface area (Å²) >= 11 is 1.73. The van der Waals surface area contributed by atoms with Crippen molar-refractivity contribution in [3.05, 3.63) is 0 Å². The van der Waals surface area contributed by atoms with Crippen LogP contribution < -0.4 is 0 Å². The number of amides is 3. The van der Waals surface area contributed by atoms with Crippen molar-refractivity contribution >= 4 is 29.5 Å². The summed E-state index contributed by atoms with van der Waals surface area (Å²) < 4.78 is 0. The first kappa shape index (κ1) is 18.5. The lowest BCUT2D eigenvalue weighted by molar-refractivity contribution is -0.146. The van der Waals surface area contributed by atoms with E-state index in [1.165, 1.54) is 0 Å². The van der Waals surface area contributed by atoms with Gasteiger partial charge in [-0.3, -0.25) is 14.4 Å². The second kappa shape index (κ2) is 7.17. The first-order valence-corrected chi connectivity index (χ1v) is 10.4. The van der Waals surface area contributed by atoms with Crippen molar-refractivity contribution in [2.45, 2.75) is 57.4 Å². The minimum absolute atomic E-state index is 0.0283. The van der Waals surface area contributed by atoms with E-state index in [9.17, 15) is 14.4 Å². The average Bonchev–Trinajstić information content (AvgIpc) is 3.11. The monoisotopic (exact) mass is 367 g/mol. The number of hydrogen-bond acceptors (Lipinski definition) is 4. The maximum atomic E-state index is 13.0. The van der Waals surface area contributed by atoms with Gasteiger partial charge in [0, 0.05) is 44.3 Å². The Kier molecular flexibility index (Phi) is 5.32. The third-order valence-corrected chi connectivity index (χ3v) is 7.47. The van der Waals surface area contributed by atoms with E-state index in [2.05, 4.69) is 6.92 Å². The molecule has 3 aliphatic rings. The van der Waals surface area contributed by atoms with Gasteiger partial charge in [0.2, 0.25) is 17.7 Å². The molecular formula is C18H29N3O3S. The van der Waals surface area contributed by atoms with Crippen molar-refractivity contribution < 1.29 is 14.4 Å². The molecule has 3 aliphatic heterocycles. The molecule has 0 aromatic carbocycles. The molecule has 0 aromatic rings. The molecule has 0 radical (unpaired) electrons. The Bertz CT molecular complexity index is 558. The van der Waals surface area contributed by atoms with Gasteiger partial charge >= 0.3 is 0 Å². The zero-order chi connectivity index (χ0) is 18.2. The number of carbonyl (C=O) groups is 3. The number of carbonyl (C=O) groups excluding carboxylic acids is 3. The lowest BCUT2D eigenvalue weighted by Crippen LogP contribution is -2.53. The lowest BCUT2D eigenvalue weighted by Gasteiger charge is -2.37. The maximum absolute atomic E-state index is 13.0. The van der Waals surface area contributed by atoms with E-state index in [4.69, 9.17) is 0 Å². The van der Waals surface area contributed by atoms with Crippen LogP contribution in [0.3, 0.4) is 0 Å². The highest BCUT2D eigenvalue weighted by atomic mass is 32.2. The Balaban J connectivity index is 1.59. The van der Waals surface area contributed by atoms with Crippen LogP contribution in [0.2, 0.25) is 0 Å². The highest BCUT2D eigenvalue weighted by Crippen LogP contribution is 2.47. The molecule has 0 N–H and O–H groups in total. The molecule has 25 heavy (non-hydrogen) atoms. The lowest BCUT2D eigenvalue weighted by atomic mass is 9.94. The summed E-state index contributed by atoms with van der Waals surface area (Å²) in [6.45, 7) is 8.80. The number of hydrogen-bond donors (Lipinski definition) is 0. The Morgan fingerprint density at radius 1 is 1.24 bits per heavy atom. The SMILES string of the molecule is CCN(CC)C(=O)C1CCN(C(=O)C2CSC3(C)CCC(=O)N23)CC1. The molecule has 2 atom stereocenters. The van der Waals surface area contributed by atoms with Crippen LogP contribution in [0.1, 0.15) is 46.5 Å². The third-order valence-electron chi connectivity index (χ3n) is 5.96. The normalized spacial score (nSPS) is 29.9.